The van der Waals surface area contributed by atoms with Crippen LogP contribution in [0, 0.1) is 0 Å². The van der Waals surface area contributed by atoms with Crippen molar-refractivity contribution < 1.29 is 9.26 Å². The molecule has 0 aliphatic carbocycles. The van der Waals surface area contributed by atoms with Crippen LogP contribution in [-0.4, -0.2) is 64.4 Å². The summed E-state index contributed by atoms with van der Waals surface area (Å²) < 4.78 is 10.8. The Morgan fingerprint density at radius 1 is 1.16 bits per heavy atom. The van der Waals surface area contributed by atoms with Gasteiger partial charge in [0.15, 0.2) is 11.6 Å². The van der Waals surface area contributed by atoms with Crippen LogP contribution >= 0.6 is 11.6 Å². The number of hydrogen-bond donors (Lipinski definition) is 0. The van der Waals surface area contributed by atoms with E-state index in [0.29, 0.717) is 17.5 Å². The van der Waals surface area contributed by atoms with Crippen LogP contribution < -0.4 is 4.90 Å². The molecule has 8 nitrogen and oxygen atoms in total. The van der Waals surface area contributed by atoms with E-state index in [1.165, 1.54) is 6.33 Å². The van der Waals surface area contributed by atoms with Crippen LogP contribution in [-0.2, 0) is 11.3 Å². The van der Waals surface area contributed by atoms with Gasteiger partial charge in [0, 0.05) is 45.3 Å². The number of rotatable bonds is 4. The molecule has 0 saturated carbocycles. The molecule has 0 spiro atoms. The SMILES string of the molecule is Clc1cncnc1N1CCN(Cc2noc(C3CCOCC3)n2)CC1. The molecule has 4 rings (SSSR count). The molecule has 0 unspecified atom stereocenters. The minimum Gasteiger partial charge on any atom is -0.381 e. The van der Waals surface area contributed by atoms with E-state index < -0.39 is 0 Å². The Balaban J connectivity index is 1.31. The van der Waals surface area contributed by atoms with Crippen molar-refractivity contribution in [1.29, 1.82) is 0 Å². The summed E-state index contributed by atoms with van der Waals surface area (Å²) in [5.41, 5.74) is 0. The Kier molecular flexibility index (Phi) is 5.09. The highest BCUT2D eigenvalue weighted by molar-refractivity contribution is 6.32. The van der Waals surface area contributed by atoms with Crippen molar-refractivity contribution in [2.24, 2.45) is 0 Å². The van der Waals surface area contributed by atoms with Gasteiger partial charge < -0.3 is 14.2 Å². The molecule has 4 heterocycles. The van der Waals surface area contributed by atoms with Crippen molar-refractivity contribution in [1.82, 2.24) is 25.0 Å². The third kappa shape index (κ3) is 3.91. The average molecular weight is 365 g/mol. The quantitative estimate of drug-likeness (QED) is 0.811. The number of anilines is 1. The summed E-state index contributed by atoms with van der Waals surface area (Å²) in [7, 11) is 0. The fourth-order valence-electron chi connectivity index (χ4n) is 3.30. The highest BCUT2D eigenvalue weighted by Gasteiger charge is 2.24. The Bertz CT molecular complexity index is 697. The van der Waals surface area contributed by atoms with E-state index in [1.807, 2.05) is 0 Å². The first-order valence-corrected chi connectivity index (χ1v) is 9.00. The molecular weight excluding hydrogens is 344 g/mol. The first-order valence-electron chi connectivity index (χ1n) is 8.62. The first-order chi connectivity index (χ1) is 12.3. The van der Waals surface area contributed by atoms with Gasteiger partial charge in [0.05, 0.1) is 12.7 Å². The zero-order valence-corrected chi connectivity index (χ0v) is 14.7. The van der Waals surface area contributed by atoms with Crippen LogP contribution in [0.5, 0.6) is 0 Å². The number of hydrogen-bond acceptors (Lipinski definition) is 8. The van der Waals surface area contributed by atoms with Gasteiger partial charge in [-0.25, -0.2) is 9.97 Å². The summed E-state index contributed by atoms with van der Waals surface area (Å²) in [4.78, 5) is 17.3. The van der Waals surface area contributed by atoms with Crippen molar-refractivity contribution in [2.45, 2.75) is 25.3 Å². The lowest BCUT2D eigenvalue weighted by molar-refractivity contribution is 0.0778. The molecule has 0 radical (unpaired) electrons. The van der Waals surface area contributed by atoms with Gasteiger partial charge in [-0.3, -0.25) is 4.90 Å². The average Bonchev–Trinajstić information content (AvgIpc) is 3.12. The second-order valence-electron chi connectivity index (χ2n) is 6.39. The predicted octanol–water partition coefficient (Wildman–Crippen LogP) is 1.73. The largest absolute Gasteiger partial charge is 0.381 e. The molecule has 25 heavy (non-hydrogen) atoms. The maximum Gasteiger partial charge on any atom is 0.229 e. The van der Waals surface area contributed by atoms with E-state index >= 15 is 0 Å². The van der Waals surface area contributed by atoms with E-state index in [0.717, 1.165) is 69.8 Å². The highest BCUT2D eigenvalue weighted by Crippen LogP contribution is 2.26. The predicted molar refractivity (Wildman–Crippen MR) is 91.6 cm³/mol. The van der Waals surface area contributed by atoms with Gasteiger partial charge >= 0.3 is 0 Å². The molecule has 134 valence electrons. The van der Waals surface area contributed by atoms with Crippen molar-refractivity contribution in [3.05, 3.63) is 29.3 Å². The summed E-state index contributed by atoms with van der Waals surface area (Å²) in [6, 6.07) is 0. The fraction of sp³-hybridized carbons (Fsp3) is 0.625. The van der Waals surface area contributed by atoms with Crippen LogP contribution in [0.25, 0.3) is 0 Å². The molecule has 0 bridgehead atoms. The van der Waals surface area contributed by atoms with Crippen LogP contribution in [0.15, 0.2) is 17.0 Å². The standard InChI is InChI=1S/C16H21ClN6O2/c17-13-9-18-11-19-15(13)23-5-3-22(4-6-23)10-14-20-16(25-21-14)12-1-7-24-8-2-12/h9,11-12H,1-8,10H2. The lowest BCUT2D eigenvalue weighted by Gasteiger charge is -2.34. The molecule has 0 amide bonds. The van der Waals surface area contributed by atoms with Crippen LogP contribution in [0.4, 0.5) is 5.82 Å². The zero-order chi connectivity index (χ0) is 17.1. The number of ether oxygens (including phenoxy) is 1. The van der Waals surface area contributed by atoms with Crippen molar-refractivity contribution in [2.75, 3.05) is 44.3 Å². The molecule has 2 aromatic heterocycles. The minimum absolute atomic E-state index is 0.340. The van der Waals surface area contributed by atoms with Gasteiger partial charge in [-0.1, -0.05) is 16.8 Å². The van der Waals surface area contributed by atoms with Crippen LogP contribution in [0.1, 0.15) is 30.5 Å². The van der Waals surface area contributed by atoms with E-state index in [4.69, 9.17) is 20.9 Å². The summed E-state index contributed by atoms with van der Waals surface area (Å²) in [5.74, 6) is 2.66. The van der Waals surface area contributed by atoms with Gasteiger partial charge in [-0.05, 0) is 12.8 Å². The lowest BCUT2D eigenvalue weighted by atomic mass is 10.0. The van der Waals surface area contributed by atoms with Crippen LogP contribution in [0.3, 0.4) is 0 Å². The maximum atomic E-state index is 6.18. The van der Waals surface area contributed by atoms with Gasteiger partial charge in [-0.15, -0.1) is 0 Å². The minimum atomic E-state index is 0.340. The second kappa shape index (κ2) is 7.63. The third-order valence-corrected chi connectivity index (χ3v) is 5.01. The fourth-order valence-corrected chi connectivity index (χ4v) is 3.52. The molecular formula is C16H21ClN6O2. The number of halogens is 1. The molecule has 0 N–H and O–H groups in total. The van der Waals surface area contributed by atoms with Gasteiger partial charge in [0.25, 0.3) is 0 Å². The number of aromatic nitrogens is 4. The smallest absolute Gasteiger partial charge is 0.229 e. The Hall–Kier alpha value is -1.77. The molecule has 0 aromatic carbocycles. The summed E-state index contributed by atoms with van der Waals surface area (Å²) in [5, 5.41) is 4.75. The monoisotopic (exact) mass is 364 g/mol. The Morgan fingerprint density at radius 3 is 2.72 bits per heavy atom. The van der Waals surface area contributed by atoms with Crippen molar-refractivity contribution in [3.8, 4) is 0 Å². The van der Waals surface area contributed by atoms with E-state index in [1.54, 1.807) is 6.20 Å². The third-order valence-electron chi connectivity index (χ3n) is 4.74. The molecule has 2 saturated heterocycles. The normalized spacial score (nSPS) is 20.1. The van der Waals surface area contributed by atoms with Gasteiger partial charge in [-0.2, -0.15) is 4.98 Å². The molecule has 2 aromatic rings. The molecule has 9 heteroatoms. The highest BCUT2D eigenvalue weighted by atomic mass is 35.5. The van der Waals surface area contributed by atoms with Crippen molar-refractivity contribution >= 4 is 17.4 Å². The topological polar surface area (TPSA) is 80.4 Å². The lowest BCUT2D eigenvalue weighted by Crippen LogP contribution is -2.46. The summed E-state index contributed by atoms with van der Waals surface area (Å²) in [6.45, 7) is 5.79. The van der Waals surface area contributed by atoms with Gasteiger partial charge in [0.2, 0.25) is 5.89 Å². The van der Waals surface area contributed by atoms with Gasteiger partial charge in [0.1, 0.15) is 11.3 Å². The summed E-state index contributed by atoms with van der Waals surface area (Å²) in [6.07, 6.45) is 5.08. The van der Waals surface area contributed by atoms with E-state index in [9.17, 15) is 0 Å². The Labute approximate surface area is 151 Å². The maximum absolute atomic E-state index is 6.18. The second-order valence-corrected chi connectivity index (χ2v) is 6.80. The number of piperazine rings is 1. The molecule has 2 aliphatic rings. The molecule has 2 aliphatic heterocycles. The molecule has 2 fully saturated rings. The van der Waals surface area contributed by atoms with Crippen LogP contribution in [0.2, 0.25) is 5.02 Å². The van der Waals surface area contributed by atoms with Crippen molar-refractivity contribution in [3.63, 3.8) is 0 Å². The molecule has 0 atom stereocenters. The Morgan fingerprint density at radius 2 is 1.96 bits per heavy atom. The zero-order valence-electron chi connectivity index (χ0n) is 14.0. The van der Waals surface area contributed by atoms with E-state index in [2.05, 4.69) is 29.9 Å². The summed E-state index contributed by atoms with van der Waals surface area (Å²) >= 11 is 6.18. The van der Waals surface area contributed by atoms with E-state index in [-0.39, 0.29) is 0 Å². The number of nitrogens with zero attached hydrogens (tertiary/aromatic N) is 6. The first kappa shape index (κ1) is 16.7.